The summed E-state index contributed by atoms with van der Waals surface area (Å²) in [5.41, 5.74) is 0.844. The highest BCUT2D eigenvalue weighted by Gasteiger charge is 2.32. The van der Waals surface area contributed by atoms with E-state index in [9.17, 15) is 18.0 Å². The smallest absolute Gasteiger partial charge is 0.335 e. The average molecular weight is 457 g/mol. The standard InChI is InChI=1S/C19H18Cl2N2O5S/c20-15-2-1-3-16(21)18(15)29(27,28)23-10-8-22(9-11-23)17(24)12-13-4-6-14(7-5-13)19(25)26/h1-7H,8-12H2,(H,25,26). The van der Waals surface area contributed by atoms with Gasteiger partial charge in [0.25, 0.3) is 0 Å². The maximum absolute atomic E-state index is 12.9. The van der Waals surface area contributed by atoms with Gasteiger partial charge in [-0.2, -0.15) is 4.31 Å². The molecule has 1 heterocycles. The van der Waals surface area contributed by atoms with Crippen LogP contribution in [0.15, 0.2) is 47.4 Å². The summed E-state index contributed by atoms with van der Waals surface area (Å²) in [4.78, 5) is 24.9. The second kappa shape index (κ2) is 8.71. The van der Waals surface area contributed by atoms with Crippen molar-refractivity contribution < 1.29 is 23.1 Å². The fourth-order valence-corrected chi connectivity index (χ4v) is 5.60. The average Bonchev–Trinajstić information content (AvgIpc) is 2.68. The normalized spacial score (nSPS) is 15.3. The molecule has 3 rings (SSSR count). The molecule has 1 N–H and O–H groups in total. The van der Waals surface area contributed by atoms with Crippen molar-refractivity contribution in [2.45, 2.75) is 11.3 Å². The molecule has 7 nitrogen and oxygen atoms in total. The second-order valence-electron chi connectivity index (χ2n) is 6.51. The van der Waals surface area contributed by atoms with Gasteiger partial charge >= 0.3 is 5.97 Å². The predicted octanol–water partition coefficient (Wildman–Crippen LogP) is 2.77. The molecule has 0 spiro atoms. The van der Waals surface area contributed by atoms with E-state index in [1.54, 1.807) is 23.1 Å². The molecule has 10 heteroatoms. The summed E-state index contributed by atoms with van der Waals surface area (Å²) in [5.74, 6) is -1.18. The number of benzene rings is 2. The molecule has 2 aromatic carbocycles. The molecule has 154 valence electrons. The summed E-state index contributed by atoms with van der Waals surface area (Å²) in [6.45, 7) is 0.752. The number of rotatable bonds is 5. The van der Waals surface area contributed by atoms with Crippen LogP contribution in [0, 0.1) is 0 Å². The third kappa shape index (κ3) is 4.72. The molecule has 0 atom stereocenters. The zero-order valence-electron chi connectivity index (χ0n) is 15.2. The Hall–Kier alpha value is -2.13. The predicted molar refractivity (Wildman–Crippen MR) is 109 cm³/mol. The summed E-state index contributed by atoms with van der Waals surface area (Å²) >= 11 is 12.1. The summed E-state index contributed by atoms with van der Waals surface area (Å²) < 4.78 is 27.0. The Morgan fingerprint density at radius 1 is 0.931 bits per heavy atom. The minimum absolute atomic E-state index is 0.0563. The highest BCUT2D eigenvalue weighted by atomic mass is 35.5. The number of hydrogen-bond donors (Lipinski definition) is 1. The van der Waals surface area contributed by atoms with E-state index >= 15 is 0 Å². The molecule has 0 aromatic heterocycles. The van der Waals surface area contributed by atoms with Gasteiger partial charge < -0.3 is 10.0 Å². The number of carbonyl (C=O) groups is 2. The first kappa shape index (κ1) is 21.6. The van der Waals surface area contributed by atoms with Crippen molar-refractivity contribution in [1.82, 2.24) is 9.21 Å². The van der Waals surface area contributed by atoms with E-state index < -0.39 is 16.0 Å². The van der Waals surface area contributed by atoms with Crippen LogP contribution >= 0.6 is 23.2 Å². The maximum Gasteiger partial charge on any atom is 0.335 e. The van der Waals surface area contributed by atoms with E-state index in [0.29, 0.717) is 5.56 Å². The zero-order chi connectivity index (χ0) is 21.2. The highest BCUT2D eigenvalue weighted by Crippen LogP contribution is 2.31. The molecule has 1 amide bonds. The van der Waals surface area contributed by atoms with E-state index in [1.165, 1.54) is 28.6 Å². The summed E-state index contributed by atoms with van der Waals surface area (Å²) in [6, 6.07) is 10.6. The topological polar surface area (TPSA) is 95.0 Å². The molecular formula is C19H18Cl2N2O5S. The van der Waals surface area contributed by atoms with Crippen LogP contribution in [0.3, 0.4) is 0 Å². The van der Waals surface area contributed by atoms with E-state index in [0.717, 1.165) is 0 Å². The van der Waals surface area contributed by atoms with Crippen LogP contribution in [0.25, 0.3) is 0 Å². The number of piperazine rings is 1. The minimum atomic E-state index is -3.87. The zero-order valence-corrected chi connectivity index (χ0v) is 17.5. The van der Waals surface area contributed by atoms with Gasteiger partial charge in [0.05, 0.1) is 22.0 Å². The second-order valence-corrected chi connectivity index (χ2v) is 9.20. The summed E-state index contributed by atoms with van der Waals surface area (Å²) in [7, 11) is -3.87. The third-order valence-electron chi connectivity index (χ3n) is 4.66. The van der Waals surface area contributed by atoms with Gasteiger partial charge in [-0.1, -0.05) is 41.4 Å². The molecule has 2 aromatic rings. The maximum atomic E-state index is 12.9. The van der Waals surface area contributed by atoms with Crippen molar-refractivity contribution in [2.24, 2.45) is 0 Å². The Morgan fingerprint density at radius 3 is 2.00 bits per heavy atom. The molecule has 29 heavy (non-hydrogen) atoms. The van der Waals surface area contributed by atoms with Gasteiger partial charge in [0.2, 0.25) is 15.9 Å². The van der Waals surface area contributed by atoms with Crippen molar-refractivity contribution in [2.75, 3.05) is 26.2 Å². The first-order valence-corrected chi connectivity index (χ1v) is 10.9. The van der Waals surface area contributed by atoms with Gasteiger partial charge in [-0.05, 0) is 29.8 Å². The van der Waals surface area contributed by atoms with Crippen LogP contribution in [0.2, 0.25) is 10.0 Å². The Kier molecular flexibility index (Phi) is 6.48. The highest BCUT2D eigenvalue weighted by molar-refractivity contribution is 7.89. The molecule has 0 radical (unpaired) electrons. The fourth-order valence-electron chi connectivity index (χ4n) is 3.09. The van der Waals surface area contributed by atoms with Crippen molar-refractivity contribution in [1.29, 1.82) is 0 Å². The largest absolute Gasteiger partial charge is 0.478 e. The first-order chi connectivity index (χ1) is 13.7. The molecule has 0 unspecified atom stereocenters. The molecule has 0 saturated carbocycles. The Balaban J connectivity index is 1.64. The van der Waals surface area contributed by atoms with E-state index in [1.807, 2.05) is 0 Å². The number of carboxylic acid groups (broad SMARTS) is 1. The lowest BCUT2D eigenvalue weighted by molar-refractivity contribution is -0.131. The lowest BCUT2D eigenvalue weighted by Crippen LogP contribution is -2.50. The molecule has 1 aliphatic rings. The third-order valence-corrected chi connectivity index (χ3v) is 7.52. The molecule has 1 aliphatic heterocycles. The molecule has 0 aliphatic carbocycles. The monoisotopic (exact) mass is 456 g/mol. The number of carboxylic acids is 1. The number of sulfonamides is 1. The van der Waals surface area contributed by atoms with E-state index in [4.69, 9.17) is 28.3 Å². The Morgan fingerprint density at radius 2 is 1.48 bits per heavy atom. The van der Waals surface area contributed by atoms with Crippen LogP contribution in [0.5, 0.6) is 0 Å². The number of halogens is 2. The lowest BCUT2D eigenvalue weighted by Gasteiger charge is -2.34. The minimum Gasteiger partial charge on any atom is -0.478 e. The quantitative estimate of drug-likeness (QED) is 0.745. The van der Waals surface area contributed by atoms with Crippen LogP contribution < -0.4 is 0 Å². The SMILES string of the molecule is O=C(O)c1ccc(CC(=O)N2CCN(S(=O)(=O)c3c(Cl)cccc3Cl)CC2)cc1. The molecule has 1 saturated heterocycles. The Bertz CT molecular complexity index is 1010. The number of carbonyl (C=O) groups excluding carboxylic acids is 1. The molecule has 1 fully saturated rings. The van der Waals surface area contributed by atoms with Gasteiger partial charge in [-0.3, -0.25) is 4.79 Å². The fraction of sp³-hybridized carbons (Fsp3) is 0.263. The van der Waals surface area contributed by atoms with Crippen molar-refractivity contribution in [3.05, 3.63) is 63.6 Å². The molecular weight excluding hydrogens is 439 g/mol. The van der Waals surface area contributed by atoms with Crippen LogP contribution in [-0.4, -0.2) is 60.8 Å². The van der Waals surface area contributed by atoms with Gasteiger partial charge in [0.1, 0.15) is 4.90 Å². The number of amides is 1. The number of hydrogen-bond acceptors (Lipinski definition) is 4. The van der Waals surface area contributed by atoms with E-state index in [-0.39, 0.29) is 59.0 Å². The van der Waals surface area contributed by atoms with Crippen molar-refractivity contribution in [3.63, 3.8) is 0 Å². The summed E-state index contributed by atoms with van der Waals surface area (Å²) in [6.07, 6.45) is 0.114. The molecule has 0 bridgehead atoms. The van der Waals surface area contributed by atoms with Crippen LogP contribution in [-0.2, 0) is 21.2 Å². The van der Waals surface area contributed by atoms with Gasteiger partial charge in [0.15, 0.2) is 0 Å². The van der Waals surface area contributed by atoms with Gasteiger partial charge in [0, 0.05) is 26.2 Å². The number of nitrogens with zero attached hydrogens (tertiary/aromatic N) is 2. The van der Waals surface area contributed by atoms with Crippen molar-refractivity contribution in [3.8, 4) is 0 Å². The summed E-state index contributed by atoms with van der Waals surface area (Å²) in [5, 5.41) is 9.04. The van der Waals surface area contributed by atoms with E-state index in [2.05, 4.69) is 0 Å². The number of aromatic carboxylic acids is 1. The van der Waals surface area contributed by atoms with Crippen molar-refractivity contribution >= 4 is 45.1 Å². The van der Waals surface area contributed by atoms with Gasteiger partial charge in [-0.15, -0.1) is 0 Å². The Labute approximate surface area is 178 Å². The van der Waals surface area contributed by atoms with Crippen LogP contribution in [0.1, 0.15) is 15.9 Å². The van der Waals surface area contributed by atoms with Gasteiger partial charge in [-0.25, -0.2) is 13.2 Å². The van der Waals surface area contributed by atoms with Crippen LogP contribution in [0.4, 0.5) is 0 Å². The first-order valence-electron chi connectivity index (χ1n) is 8.74. The lowest BCUT2D eigenvalue weighted by atomic mass is 10.1.